The van der Waals surface area contributed by atoms with Crippen molar-refractivity contribution >= 4 is 17.5 Å². The molecule has 0 bridgehead atoms. The van der Waals surface area contributed by atoms with Gasteiger partial charge < -0.3 is 10.6 Å². The Balaban J connectivity index is 1.85. The maximum Gasteiger partial charge on any atom is 0.257 e. The third-order valence-electron chi connectivity index (χ3n) is 2.83. The zero-order valence-electron chi connectivity index (χ0n) is 12.1. The Bertz CT molecular complexity index is 748. The van der Waals surface area contributed by atoms with Crippen molar-refractivity contribution in [2.45, 2.75) is 13.0 Å². The van der Waals surface area contributed by atoms with Gasteiger partial charge in [0.1, 0.15) is 6.54 Å². The van der Waals surface area contributed by atoms with E-state index in [2.05, 4.69) is 15.7 Å². The number of carbonyl (C=O) groups excluding carboxylic acids is 2. The van der Waals surface area contributed by atoms with E-state index in [9.17, 15) is 27.2 Å². The SMILES string of the molecule is O=C(CNC(=O)c1ccc(F)c(F)c1)Nc1cnn(CC(F)F)c1. The number of nitrogens with zero attached hydrogens (tertiary/aromatic N) is 2. The van der Waals surface area contributed by atoms with Gasteiger partial charge in [0.2, 0.25) is 5.91 Å². The summed E-state index contributed by atoms with van der Waals surface area (Å²) >= 11 is 0. The highest BCUT2D eigenvalue weighted by molar-refractivity contribution is 5.99. The van der Waals surface area contributed by atoms with Gasteiger partial charge in [0, 0.05) is 11.8 Å². The average molecular weight is 344 g/mol. The minimum absolute atomic E-state index is 0.147. The number of hydrogen-bond donors (Lipinski definition) is 2. The molecule has 0 fully saturated rings. The fraction of sp³-hybridized carbons (Fsp3) is 0.214. The highest BCUT2D eigenvalue weighted by atomic mass is 19.3. The zero-order valence-corrected chi connectivity index (χ0v) is 12.1. The van der Waals surface area contributed by atoms with Gasteiger partial charge in [-0.2, -0.15) is 5.10 Å². The highest BCUT2D eigenvalue weighted by Crippen LogP contribution is 2.09. The van der Waals surface area contributed by atoms with Crippen LogP contribution in [0.1, 0.15) is 10.4 Å². The zero-order chi connectivity index (χ0) is 17.7. The fourth-order valence-electron chi connectivity index (χ4n) is 1.77. The molecule has 2 rings (SSSR count). The minimum Gasteiger partial charge on any atom is -0.343 e. The van der Waals surface area contributed by atoms with Crippen molar-refractivity contribution in [3.8, 4) is 0 Å². The van der Waals surface area contributed by atoms with Gasteiger partial charge in [-0.1, -0.05) is 0 Å². The van der Waals surface area contributed by atoms with Gasteiger partial charge in [0.05, 0.1) is 18.4 Å². The summed E-state index contributed by atoms with van der Waals surface area (Å²) in [6.45, 7) is -1.05. The van der Waals surface area contributed by atoms with Gasteiger partial charge in [-0.15, -0.1) is 0 Å². The normalized spacial score (nSPS) is 10.7. The van der Waals surface area contributed by atoms with Gasteiger partial charge in [0.15, 0.2) is 11.6 Å². The van der Waals surface area contributed by atoms with E-state index in [1.807, 2.05) is 0 Å². The number of halogens is 4. The van der Waals surface area contributed by atoms with E-state index < -0.39 is 43.0 Å². The molecule has 1 aromatic heterocycles. The van der Waals surface area contributed by atoms with Crippen LogP contribution in [0.4, 0.5) is 23.2 Å². The summed E-state index contributed by atoms with van der Waals surface area (Å²) in [6.07, 6.45) is -0.192. The molecule has 0 aliphatic carbocycles. The Morgan fingerprint density at radius 2 is 1.96 bits per heavy atom. The number of nitrogens with one attached hydrogen (secondary N) is 2. The molecule has 0 saturated carbocycles. The second-order valence-corrected chi connectivity index (χ2v) is 4.70. The van der Waals surface area contributed by atoms with E-state index in [-0.39, 0.29) is 11.3 Å². The molecule has 1 aromatic carbocycles. The maximum atomic E-state index is 13.0. The van der Waals surface area contributed by atoms with Crippen LogP contribution in [0.5, 0.6) is 0 Å². The van der Waals surface area contributed by atoms with Crippen LogP contribution in [-0.4, -0.2) is 34.6 Å². The molecule has 6 nitrogen and oxygen atoms in total. The number of carbonyl (C=O) groups is 2. The molecule has 2 amide bonds. The van der Waals surface area contributed by atoms with E-state index in [1.165, 1.54) is 12.4 Å². The average Bonchev–Trinajstić information content (AvgIpc) is 2.93. The molecule has 0 spiro atoms. The van der Waals surface area contributed by atoms with E-state index in [0.717, 1.165) is 16.8 Å². The van der Waals surface area contributed by atoms with E-state index >= 15 is 0 Å². The van der Waals surface area contributed by atoms with Gasteiger partial charge in [-0.3, -0.25) is 14.3 Å². The van der Waals surface area contributed by atoms with Gasteiger partial charge in [-0.25, -0.2) is 17.6 Å². The summed E-state index contributed by atoms with van der Waals surface area (Å²) in [5.41, 5.74) is 0.0363. The Morgan fingerprint density at radius 1 is 1.21 bits per heavy atom. The summed E-state index contributed by atoms with van der Waals surface area (Å²) in [4.78, 5) is 23.4. The highest BCUT2D eigenvalue weighted by Gasteiger charge is 2.12. The molecule has 10 heteroatoms. The molecule has 0 aliphatic rings. The first kappa shape index (κ1) is 17.4. The summed E-state index contributed by atoms with van der Waals surface area (Å²) < 4.78 is 51.1. The largest absolute Gasteiger partial charge is 0.343 e. The van der Waals surface area contributed by atoms with Crippen LogP contribution in [0.25, 0.3) is 0 Å². The number of amides is 2. The van der Waals surface area contributed by atoms with Crippen LogP contribution in [0, 0.1) is 11.6 Å². The van der Waals surface area contributed by atoms with Crippen molar-refractivity contribution in [1.29, 1.82) is 0 Å². The molecule has 0 radical (unpaired) electrons. The van der Waals surface area contributed by atoms with Crippen molar-refractivity contribution in [2.75, 3.05) is 11.9 Å². The molecule has 24 heavy (non-hydrogen) atoms. The van der Waals surface area contributed by atoms with Crippen molar-refractivity contribution < 1.29 is 27.2 Å². The van der Waals surface area contributed by atoms with Crippen molar-refractivity contribution in [1.82, 2.24) is 15.1 Å². The predicted octanol–water partition coefficient (Wildman–Crippen LogP) is 1.79. The predicted molar refractivity (Wildman–Crippen MR) is 75.6 cm³/mol. The fourth-order valence-corrected chi connectivity index (χ4v) is 1.77. The number of anilines is 1. The molecule has 0 saturated heterocycles. The van der Waals surface area contributed by atoms with Crippen LogP contribution >= 0.6 is 0 Å². The molecule has 0 atom stereocenters. The van der Waals surface area contributed by atoms with E-state index in [1.54, 1.807) is 0 Å². The Hall–Kier alpha value is -2.91. The van der Waals surface area contributed by atoms with Crippen molar-refractivity contribution in [3.63, 3.8) is 0 Å². The van der Waals surface area contributed by atoms with Gasteiger partial charge >= 0.3 is 0 Å². The summed E-state index contributed by atoms with van der Waals surface area (Å²) in [5.74, 6) is -3.68. The van der Waals surface area contributed by atoms with E-state index in [0.29, 0.717) is 6.07 Å². The van der Waals surface area contributed by atoms with Crippen LogP contribution in [0.15, 0.2) is 30.6 Å². The lowest BCUT2D eigenvalue weighted by molar-refractivity contribution is -0.115. The van der Waals surface area contributed by atoms with Crippen molar-refractivity contribution in [2.24, 2.45) is 0 Å². The number of hydrogen-bond acceptors (Lipinski definition) is 3. The Labute approximate surface area is 133 Å². The molecule has 0 aliphatic heterocycles. The van der Waals surface area contributed by atoms with Crippen LogP contribution < -0.4 is 10.6 Å². The van der Waals surface area contributed by atoms with Crippen LogP contribution in [0.2, 0.25) is 0 Å². The van der Waals surface area contributed by atoms with Crippen LogP contribution in [-0.2, 0) is 11.3 Å². The lowest BCUT2D eigenvalue weighted by atomic mass is 10.2. The Kier molecular flexibility index (Phi) is 5.51. The third-order valence-corrected chi connectivity index (χ3v) is 2.83. The lowest BCUT2D eigenvalue weighted by Gasteiger charge is -2.06. The van der Waals surface area contributed by atoms with Gasteiger partial charge in [-0.05, 0) is 18.2 Å². The number of rotatable bonds is 6. The molecular weight excluding hydrogens is 332 g/mol. The number of benzene rings is 1. The maximum absolute atomic E-state index is 13.0. The monoisotopic (exact) mass is 344 g/mol. The summed E-state index contributed by atoms with van der Waals surface area (Å²) in [6, 6.07) is 2.57. The van der Waals surface area contributed by atoms with Crippen LogP contribution in [0.3, 0.4) is 0 Å². The molecule has 128 valence electrons. The minimum atomic E-state index is -2.58. The topological polar surface area (TPSA) is 76.0 Å². The number of alkyl halides is 2. The molecular formula is C14H12F4N4O2. The lowest BCUT2D eigenvalue weighted by Crippen LogP contribution is -2.32. The first-order valence-electron chi connectivity index (χ1n) is 6.69. The first-order valence-corrected chi connectivity index (χ1v) is 6.69. The van der Waals surface area contributed by atoms with Gasteiger partial charge in [0.25, 0.3) is 12.3 Å². The van der Waals surface area contributed by atoms with Crippen molar-refractivity contribution in [3.05, 3.63) is 47.8 Å². The first-order chi connectivity index (χ1) is 11.3. The molecule has 1 heterocycles. The second-order valence-electron chi connectivity index (χ2n) is 4.70. The number of aromatic nitrogens is 2. The standard InChI is InChI=1S/C14H12F4N4O2/c15-10-2-1-8(3-11(10)16)14(24)19-5-13(23)21-9-4-20-22(6-9)7-12(17)18/h1-4,6,12H,5,7H2,(H,19,24)(H,21,23). The summed E-state index contributed by atoms with van der Waals surface area (Å²) in [5, 5.41) is 8.19. The quantitative estimate of drug-likeness (QED) is 0.785. The third kappa shape index (κ3) is 4.80. The Morgan fingerprint density at radius 3 is 2.62 bits per heavy atom. The van der Waals surface area contributed by atoms with E-state index in [4.69, 9.17) is 0 Å². The molecule has 2 aromatic rings. The molecule has 2 N–H and O–H groups in total. The molecule has 0 unspecified atom stereocenters. The summed E-state index contributed by atoms with van der Waals surface area (Å²) in [7, 11) is 0. The second kappa shape index (κ2) is 7.57. The smallest absolute Gasteiger partial charge is 0.257 e.